The number of para-hydroxylation sites is 1. The third-order valence-electron chi connectivity index (χ3n) is 7.46. The number of hydroxylamine groups is 1. The third-order valence-corrected chi connectivity index (χ3v) is 9.32. The SMILES string of the molecule is COc1ccc(S(=O)(=O)N2CCc3c(n(CC(=O)N(C)CCN4CCOCC4)c4ccccc34)C2)cc1.O=CNO. The Morgan fingerprint density at radius 3 is 2.46 bits per heavy atom. The average molecular weight is 588 g/mol. The molecule has 5 rings (SSSR count). The number of rotatable bonds is 9. The smallest absolute Gasteiger partial charge is 0.243 e. The lowest BCUT2D eigenvalue weighted by Gasteiger charge is -2.29. The minimum Gasteiger partial charge on any atom is -0.497 e. The lowest BCUT2D eigenvalue weighted by molar-refractivity contribution is -0.130. The highest BCUT2D eigenvalue weighted by Gasteiger charge is 2.32. The first-order valence-electron chi connectivity index (χ1n) is 13.4. The molecule has 2 aromatic carbocycles. The molecule has 222 valence electrons. The van der Waals surface area contributed by atoms with E-state index < -0.39 is 10.0 Å². The number of methoxy groups -OCH3 is 1. The summed E-state index contributed by atoms with van der Waals surface area (Å²) in [5.41, 5.74) is 4.23. The van der Waals surface area contributed by atoms with E-state index in [2.05, 4.69) is 11.0 Å². The summed E-state index contributed by atoms with van der Waals surface area (Å²) in [6.07, 6.45) is 0.777. The zero-order chi connectivity index (χ0) is 29.4. The Hall–Kier alpha value is -3.49. The molecular formula is C28H37N5O7S. The van der Waals surface area contributed by atoms with Crippen LogP contribution < -0.4 is 10.2 Å². The number of likely N-dealkylation sites (N-methyl/N-ethyl adjacent to an activating group) is 1. The van der Waals surface area contributed by atoms with E-state index >= 15 is 0 Å². The Balaban J connectivity index is 0.000000909. The van der Waals surface area contributed by atoms with E-state index in [9.17, 15) is 13.2 Å². The summed E-state index contributed by atoms with van der Waals surface area (Å²) < 4.78 is 41.1. The van der Waals surface area contributed by atoms with Crippen LogP contribution in [0.2, 0.25) is 0 Å². The minimum atomic E-state index is -3.70. The van der Waals surface area contributed by atoms with Crippen molar-refractivity contribution in [2.24, 2.45) is 0 Å². The number of morpholine rings is 1. The van der Waals surface area contributed by atoms with Gasteiger partial charge in [-0.3, -0.25) is 19.7 Å². The van der Waals surface area contributed by atoms with Gasteiger partial charge in [0.1, 0.15) is 12.3 Å². The van der Waals surface area contributed by atoms with Crippen LogP contribution in [0.5, 0.6) is 5.75 Å². The molecule has 0 atom stereocenters. The summed E-state index contributed by atoms with van der Waals surface area (Å²) in [6, 6.07) is 14.5. The van der Waals surface area contributed by atoms with Gasteiger partial charge >= 0.3 is 0 Å². The fourth-order valence-electron chi connectivity index (χ4n) is 5.15. The van der Waals surface area contributed by atoms with Crippen LogP contribution in [0.1, 0.15) is 11.3 Å². The van der Waals surface area contributed by atoms with Crippen LogP contribution in [0.15, 0.2) is 53.4 Å². The van der Waals surface area contributed by atoms with E-state index in [0.29, 0.717) is 25.3 Å². The fourth-order valence-corrected chi connectivity index (χ4v) is 6.55. The number of hydrogen-bond acceptors (Lipinski definition) is 8. The molecule has 2 aliphatic rings. The molecule has 0 spiro atoms. The molecule has 13 heteroatoms. The van der Waals surface area contributed by atoms with Crippen molar-refractivity contribution < 1.29 is 32.7 Å². The minimum absolute atomic E-state index is 0.00643. The number of fused-ring (bicyclic) bond motifs is 3. The van der Waals surface area contributed by atoms with E-state index in [0.717, 1.165) is 55.0 Å². The van der Waals surface area contributed by atoms with Gasteiger partial charge in [-0.05, 0) is 42.3 Å². The molecule has 41 heavy (non-hydrogen) atoms. The summed E-state index contributed by atoms with van der Waals surface area (Å²) in [4.78, 5) is 26.4. The highest BCUT2D eigenvalue weighted by Crippen LogP contribution is 2.33. The standard InChI is InChI=1S/C27H34N4O5S.CH3NO2/c1-28(13-14-29-15-17-36-18-16-29)27(32)20-31-25-6-4-3-5-23(25)24-11-12-30(19-26(24)31)37(33,34)22-9-7-21(35-2)8-10-22;3-1-2-4/h3-10H,11-20H2,1-2H3;1,4H,(H,2,3). The van der Waals surface area contributed by atoms with Crippen molar-refractivity contribution in [1.29, 1.82) is 0 Å². The summed E-state index contributed by atoms with van der Waals surface area (Å²) in [5.74, 6) is 0.614. The number of nitrogens with zero attached hydrogens (tertiary/aromatic N) is 4. The van der Waals surface area contributed by atoms with Crippen molar-refractivity contribution in [3.63, 3.8) is 0 Å². The molecule has 3 aromatic rings. The van der Waals surface area contributed by atoms with Crippen LogP contribution in [0.4, 0.5) is 0 Å². The van der Waals surface area contributed by atoms with E-state index in [1.54, 1.807) is 36.3 Å². The van der Waals surface area contributed by atoms with Crippen LogP contribution in [0.3, 0.4) is 0 Å². The summed E-state index contributed by atoms with van der Waals surface area (Å²) in [7, 11) is -0.310. The largest absolute Gasteiger partial charge is 0.497 e. The molecule has 0 radical (unpaired) electrons. The predicted octanol–water partition coefficient (Wildman–Crippen LogP) is 1.31. The quantitative estimate of drug-likeness (QED) is 0.218. The summed E-state index contributed by atoms with van der Waals surface area (Å²) in [6.45, 7) is 5.47. The second kappa shape index (κ2) is 13.9. The van der Waals surface area contributed by atoms with Crippen molar-refractivity contribution >= 4 is 33.2 Å². The highest BCUT2D eigenvalue weighted by molar-refractivity contribution is 7.89. The lowest BCUT2D eigenvalue weighted by atomic mass is 10.0. The molecule has 1 fully saturated rings. The fraction of sp³-hybridized carbons (Fsp3) is 0.429. The number of amides is 2. The molecule has 0 aliphatic carbocycles. The number of hydrogen-bond donors (Lipinski definition) is 2. The number of ether oxygens (including phenoxy) is 2. The van der Waals surface area contributed by atoms with Gasteiger partial charge in [0, 0.05) is 56.4 Å². The highest BCUT2D eigenvalue weighted by atomic mass is 32.2. The Morgan fingerprint density at radius 1 is 1.12 bits per heavy atom. The van der Waals surface area contributed by atoms with Crippen molar-refractivity contribution in [2.45, 2.75) is 24.4 Å². The van der Waals surface area contributed by atoms with Crippen molar-refractivity contribution in [1.82, 2.24) is 24.2 Å². The molecule has 0 saturated carbocycles. The van der Waals surface area contributed by atoms with E-state index in [4.69, 9.17) is 19.5 Å². The summed E-state index contributed by atoms with van der Waals surface area (Å²) in [5, 5.41) is 8.34. The van der Waals surface area contributed by atoms with Gasteiger partial charge in [0.25, 0.3) is 0 Å². The first kappa shape index (κ1) is 30.5. The molecule has 0 bridgehead atoms. The van der Waals surface area contributed by atoms with E-state index in [1.165, 1.54) is 9.79 Å². The number of sulfonamides is 1. The molecule has 3 heterocycles. The van der Waals surface area contributed by atoms with Crippen LogP contribution in [0, 0.1) is 0 Å². The van der Waals surface area contributed by atoms with E-state index in [-0.39, 0.29) is 30.3 Å². The van der Waals surface area contributed by atoms with Gasteiger partial charge in [-0.2, -0.15) is 4.31 Å². The topological polar surface area (TPSA) is 134 Å². The lowest BCUT2D eigenvalue weighted by Crippen LogP contribution is -2.42. The third kappa shape index (κ3) is 7.05. The second-order valence-electron chi connectivity index (χ2n) is 9.81. The van der Waals surface area contributed by atoms with Gasteiger partial charge in [-0.1, -0.05) is 18.2 Å². The van der Waals surface area contributed by atoms with Crippen LogP contribution in [-0.4, -0.2) is 105 Å². The van der Waals surface area contributed by atoms with Crippen molar-refractivity contribution in [3.05, 3.63) is 59.8 Å². The number of benzene rings is 2. The van der Waals surface area contributed by atoms with Gasteiger partial charge in [0.05, 0.1) is 31.8 Å². The first-order chi connectivity index (χ1) is 19.8. The normalized spacial score (nSPS) is 15.9. The van der Waals surface area contributed by atoms with Gasteiger partial charge in [0.15, 0.2) is 0 Å². The number of nitrogens with one attached hydrogen (secondary N) is 1. The Morgan fingerprint density at radius 2 is 1.80 bits per heavy atom. The van der Waals surface area contributed by atoms with Gasteiger partial charge < -0.3 is 18.9 Å². The molecule has 12 nitrogen and oxygen atoms in total. The first-order valence-corrected chi connectivity index (χ1v) is 14.8. The molecule has 0 unspecified atom stereocenters. The Kier molecular flexibility index (Phi) is 10.3. The summed E-state index contributed by atoms with van der Waals surface area (Å²) >= 11 is 0. The zero-order valence-electron chi connectivity index (χ0n) is 23.4. The monoisotopic (exact) mass is 587 g/mol. The van der Waals surface area contributed by atoms with Crippen LogP contribution in [0.25, 0.3) is 10.9 Å². The molecule has 1 saturated heterocycles. The van der Waals surface area contributed by atoms with Crippen LogP contribution >= 0.6 is 0 Å². The predicted molar refractivity (Wildman–Crippen MR) is 152 cm³/mol. The molecule has 2 aliphatic heterocycles. The van der Waals surface area contributed by atoms with Crippen LogP contribution in [-0.2, 0) is 43.9 Å². The average Bonchev–Trinajstić information content (AvgIpc) is 3.33. The molecule has 1 aromatic heterocycles. The van der Waals surface area contributed by atoms with Gasteiger partial charge in [-0.15, -0.1) is 0 Å². The number of aromatic nitrogens is 1. The number of carbonyl (C=O) groups excluding carboxylic acids is 2. The Labute approximate surface area is 240 Å². The Bertz CT molecular complexity index is 1440. The second-order valence-corrected chi connectivity index (χ2v) is 11.7. The van der Waals surface area contributed by atoms with E-state index in [1.807, 2.05) is 29.8 Å². The molecular weight excluding hydrogens is 550 g/mol. The number of carbonyl (C=O) groups is 2. The van der Waals surface area contributed by atoms with Crippen molar-refractivity contribution in [3.8, 4) is 5.75 Å². The maximum Gasteiger partial charge on any atom is 0.243 e. The molecule has 2 amide bonds. The zero-order valence-corrected chi connectivity index (χ0v) is 24.2. The molecule has 2 N–H and O–H groups in total. The van der Waals surface area contributed by atoms with Gasteiger partial charge in [0.2, 0.25) is 22.3 Å². The van der Waals surface area contributed by atoms with Crippen molar-refractivity contribution in [2.75, 3.05) is 60.1 Å². The van der Waals surface area contributed by atoms with Gasteiger partial charge in [-0.25, -0.2) is 13.9 Å². The maximum absolute atomic E-state index is 13.5. The maximum atomic E-state index is 13.5.